The topological polar surface area (TPSA) is 95.7 Å². The smallest absolute Gasteiger partial charge is 0.240 e. The van der Waals surface area contributed by atoms with E-state index in [4.69, 9.17) is 16.6 Å². The normalized spacial score (nSPS) is 11.8. The van der Waals surface area contributed by atoms with Crippen molar-refractivity contribution in [2.75, 3.05) is 6.54 Å². The van der Waals surface area contributed by atoms with E-state index in [-0.39, 0.29) is 11.4 Å². The Morgan fingerprint density at radius 1 is 1.03 bits per heavy atom. The van der Waals surface area contributed by atoms with Crippen LogP contribution in [0, 0.1) is 0 Å². The van der Waals surface area contributed by atoms with Gasteiger partial charge in [0.15, 0.2) is 5.11 Å². The zero-order valence-electron chi connectivity index (χ0n) is 17.0. The molecule has 1 aromatic heterocycles. The number of thiocarbonyl (C=S) groups is 1. The SMILES string of the molecule is C/C(=N\NC(=S)NCCc1ccccc1)c1ccc(S(=O)(=O)NCc2ccco2)cc1. The van der Waals surface area contributed by atoms with Crippen molar-refractivity contribution in [1.82, 2.24) is 15.5 Å². The van der Waals surface area contributed by atoms with Crippen LogP contribution in [0.5, 0.6) is 0 Å². The Morgan fingerprint density at radius 3 is 2.45 bits per heavy atom. The Hall–Kier alpha value is -3.01. The maximum atomic E-state index is 12.4. The van der Waals surface area contributed by atoms with Gasteiger partial charge in [0.2, 0.25) is 10.0 Å². The fourth-order valence-corrected chi connectivity index (χ4v) is 3.88. The van der Waals surface area contributed by atoms with Crippen molar-refractivity contribution >= 4 is 33.1 Å². The highest BCUT2D eigenvalue weighted by atomic mass is 32.2. The summed E-state index contributed by atoms with van der Waals surface area (Å²) in [5, 5.41) is 7.81. The van der Waals surface area contributed by atoms with E-state index in [2.05, 4.69) is 32.7 Å². The van der Waals surface area contributed by atoms with Gasteiger partial charge >= 0.3 is 0 Å². The Balaban J connectivity index is 1.50. The van der Waals surface area contributed by atoms with Crippen molar-refractivity contribution in [2.24, 2.45) is 5.10 Å². The Bertz CT molecular complexity index is 1110. The van der Waals surface area contributed by atoms with Crippen molar-refractivity contribution in [3.63, 3.8) is 0 Å². The molecular weight excluding hydrogens is 432 g/mol. The summed E-state index contributed by atoms with van der Waals surface area (Å²) in [6.07, 6.45) is 2.36. The highest BCUT2D eigenvalue weighted by Gasteiger charge is 2.14. The fourth-order valence-electron chi connectivity index (χ4n) is 2.74. The highest BCUT2D eigenvalue weighted by molar-refractivity contribution is 7.89. The van der Waals surface area contributed by atoms with Gasteiger partial charge in [-0.25, -0.2) is 13.1 Å². The Kier molecular flexibility index (Phi) is 7.94. The molecule has 31 heavy (non-hydrogen) atoms. The maximum Gasteiger partial charge on any atom is 0.240 e. The lowest BCUT2D eigenvalue weighted by Crippen LogP contribution is -2.33. The largest absolute Gasteiger partial charge is 0.468 e. The van der Waals surface area contributed by atoms with E-state index in [1.54, 1.807) is 24.3 Å². The maximum absolute atomic E-state index is 12.4. The third-order valence-electron chi connectivity index (χ3n) is 4.47. The molecule has 0 bridgehead atoms. The minimum atomic E-state index is -3.63. The van der Waals surface area contributed by atoms with E-state index in [1.807, 2.05) is 25.1 Å². The molecule has 9 heteroatoms. The molecule has 0 atom stereocenters. The summed E-state index contributed by atoms with van der Waals surface area (Å²) in [6.45, 7) is 2.61. The number of hydrogen-bond donors (Lipinski definition) is 3. The van der Waals surface area contributed by atoms with Gasteiger partial charge in [-0.3, -0.25) is 5.43 Å². The Labute approximate surface area is 187 Å². The van der Waals surface area contributed by atoms with E-state index in [0.29, 0.717) is 23.1 Å². The molecule has 7 nitrogen and oxygen atoms in total. The molecule has 0 aliphatic carbocycles. The van der Waals surface area contributed by atoms with Crippen molar-refractivity contribution in [3.05, 3.63) is 89.9 Å². The number of nitrogens with one attached hydrogen (secondary N) is 3. The van der Waals surface area contributed by atoms with Gasteiger partial charge in [0, 0.05) is 6.54 Å². The zero-order chi connectivity index (χ0) is 22.1. The van der Waals surface area contributed by atoms with Gasteiger partial charge in [0.05, 0.1) is 23.4 Å². The van der Waals surface area contributed by atoms with E-state index in [9.17, 15) is 8.42 Å². The van der Waals surface area contributed by atoms with Crippen molar-refractivity contribution in [1.29, 1.82) is 0 Å². The molecule has 0 amide bonds. The molecule has 2 aromatic carbocycles. The van der Waals surface area contributed by atoms with Gasteiger partial charge < -0.3 is 9.73 Å². The number of sulfonamides is 1. The predicted octanol–water partition coefficient (Wildman–Crippen LogP) is 3.19. The van der Waals surface area contributed by atoms with E-state index >= 15 is 0 Å². The molecule has 162 valence electrons. The Morgan fingerprint density at radius 2 is 1.77 bits per heavy atom. The number of rotatable bonds is 9. The average Bonchev–Trinajstić information content (AvgIpc) is 3.31. The summed E-state index contributed by atoms with van der Waals surface area (Å²) in [6, 6.07) is 20.0. The first kappa shape index (κ1) is 22.7. The van der Waals surface area contributed by atoms with Crippen LogP contribution in [0.25, 0.3) is 0 Å². The van der Waals surface area contributed by atoms with Gasteiger partial charge in [-0.05, 0) is 61.0 Å². The molecule has 0 aliphatic heterocycles. The first-order valence-corrected chi connectivity index (χ1v) is 11.6. The summed E-state index contributed by atoms with van der Waals surface area (Å²) in [5.74, 6) is 0.544. The lowest BCUT2D eigenvalue weighted by atomic mass is 10.1. The summed E-state index contributed by atoms with van der Waals surface area (Å²) in [5.41, 5.74) is 5.51. The molecule has 0 saturated carbocycles. The quantitative estimate of drug-likeness (QED) is 0.260. The second kappa shape index (κ2) is 10.9. The minimum Gasteiger partial charge on any atom is -0.468 e. The van der Waals surface area contributed by atoms with Crippen molar-refractivity contribution in [2.45, 2.75) is 24.8 Å². The van der Waals surface area contributed by atoms with Crippen molar-refractivity contribution in [3.8, 4) is 0 Å². The molecule has 0 fully saturated rings. The number of hydrogen-bond acceptors (Lipinski definition) is 5. The van der Waals surface area contributed by atoms with Crippen LogP contribution in [0.15, 0.2) is 87.4 Å². The highest BCUT2D eigenvalue weighted by Crippen LogP contribution is 2.12. The summed E-state index contributed by atoms with van der Waals surface area (Å²) in [7, 11) is -3.63. The van der Waals surface area contributed by atoms with Gasteiger partial charge in [-0.2, -0.15) is 5.10 Å². The second-order valence-corrected chi connectivity index (χ2v) is 8.90. The average molecular weight is 457 g/mol. The van der Waals surface area contributed by atoms with Gasteiger partial charge in [0.1, 0.15) is 5.76 Å². The van der Waals surface area contributed by atoms with Crippen LogP contribution >= 0.6 is 12.2 Å². The molecular formula is C22H24N4O3S2. The molecule has 0 saturated heterocycles. The van der Waals surface area contributed by atoms with Crippen LogP contribution in [0.3, 0.4) is 0 Å². The van der Waals surface area contributed by atoms with E-state index in [1.165, 1.54) is 24.0 Å². The molecule has 0 aliphatic rings. The van der Waals surface area contributed by atoms with Crippen LogP contribution in [0.4, 0.5) is 0 Å². The van der Waals surface area contributed by atoms with Gasteiger partial charge in [0.25, 0.3) is 0 Å². The fraction of sp³-hybridized carbons (Fsp3) is 0.182. The van der Waals surface area contributed by atoms with Crippen LogP contribution in [-0.2, 0) is 23.0 Å². The molecule has 3 aromatic rings. The van der Waals surface area contributed by atoms with Crippen LogP contribution in [-0.4, -0.2) is 25.8 Å². The molecule has 1 heterocycles. The number of nitrogens with zero attached hydrogens (tertiary/aromatic N) is 1. The predicted molar refractivity (Wildman–Crippen MR) is 125 cm³/mol. The minimum absolute atomic E-state index is 0.0935. The third-order valence-corrected chi connectivity index (χ3v) is 6.12. The van der Waals surface area contributed by atoms with Crippen LogP contribution in [0.1, 0.15) is 23.8 Å². The zero-order valence-corrected chi connectivity index (χ0v) is 18.7. The van der Waals surface area contributed by atoms with Crippen LogP contribution < -0.4 is 15.5 Å². The molecule has 3 N–H and O–H groups in total. The van der Waals surface area contributed by atoms with Crippen molar-refractivity contribution < 1.29 is 12.8 Å². The monoisotopic (exact) mass is 456 g/mol. The third kappa shape index (κ3) is 7.02. The summed E-state index contributed by atoms with van der Waals surface area (Å²) < 4.78 is 32.5. The van der Waals surface area contributed by atoms with E-state index < -0.39 is 10.0 Å². The first-order chi connectivity index (χ1) is 14.9. The number of hydrazone groups is 1. The molecule has 3 rings (SSSR count). The second-order valence-electron chi connectivity index (χ2n) is 6.73. The molecule has 0 radical (unpaired) electrons. The van der Waals surface area contributed by atoms with E-state index in [0.717, 1.165) is 12.0 Å². The number of benzene rings is 2. The van der Waals surface area contributed by atoms with Gasteiger partial charge in [-0.15, -0.1) is 0 Å². The number of furan rings is 1. The lowest BCUT2D eigenvalue weighted by Gasteiger charge is -2.09. The standard InChI is InChI=1S/C22H24N4O3S2/c1-17(25-26-22(30)23-14-13-18-6-3-2-4-7-18)19-9-11-21(12-10-19)31(27,28)24-16-20-8-5-15-29-20/h2-12,15,24H,13-14,16H2,1H3,(H2,23,26,30)/b25-17+. The van der Waals surface area contributed by atoms with Crippen LogP contribution in [0.2, 0.25) is 0 Å². The molecule has 0 spiro atoms. The lowest BCUT2D eigenvalue weighted by molar-refractivity contribution is 0.498. The molecule has 0 unspecified atom stereocenters. The summed E-state index contributed by atoms with van der Waals surface area (Å²) >= 11 is 5.25. The summed E-state index contributed by atoms with van der Waals surface area (Å²) in [4.78, 5) is 0.168. The van der Waals surface area contributed by atoms with Gasteiger partial charge in [-0.1, -0.05) is 42.5 Å². The first-order valence-electron chi connectivity index (χ1n) is 9.68.